The summed E-state index contributed by atoms with van der Waals surface area (Å²) in [5, 5.41) is 0. The second kappa shape index (κ2) is 8.31. The van der Waals surface area contributed by atoms with E-state index in [1.807, 2.05) is 0 Å². The van der Waals surface area contributed by atoms with E-state index in [9.17, 15) is 0 Å². The normalized spacial score (nSPS) is 18.6. The van der Waals surface area contributed by atoms with Gasteiger partial charge >= 0.3 is 204 Å². The van der Waals surface area contributed by atoms with Crippen LogP contribution in [0, 0.1) is 0 Å². The summed E-state index contributed by atoms with van der Waals surface area (Å²) in [4.78, 5) is 5.54. The van der Waals surface area contributed by atoms with Gasteiger partial charge in [0.05, 0.1) is 0 Å². The summed E-state index contributed by atoms with van der Waals surface area (Å²) in [5.74, 6) is 0. The average molecular weight is 474 g/mol. The first kappa shape index (κ1) is 21.5. The van der Waals surface area contributed by atoms with Gasteiger partial charge < -0.3 is 0 Å². The van der Waals surface area contributed by atoms with Crippen molar-refractivity contribution in [3.8, 4) is 0 Å². The first-order valence-electron chi connectivity index (χ1n) is 12.3. The molecule has 4 aromatic carbocycles. The van der Waals surface area contributed by atoms with E-state index in [0.717, 1.165) is 9.45 Å². The Bertz CT molecular complexity index is 1340. The first-order chi connectivity index (χ1) is 16.6. The third-order valence-corrected chi connectivity index (χ3v) is 19.2. The van der Waals surface area contributed by atoms with Crippen molar-refractivity contribution in [1.82, 2.24) is 0 Å². The second-order valence-electron chi connectivity index (χ2n) is 10.4. The fraction of sp³-hybridized carbons (Fsp3) is 0.121. The van der Waals surface area contributed by atoms with Crippen LogP contribution >= 0.6 is 0 Å². The molecule has 0 N–H and O–H groups in total. The maximum atomic E-state index is 5.54. The van der Waals surface area contributed by atoms with Gasteiger partial charge in [0.25, 0.3) is 0 Å². The first-order valence-corrected chi connectivity index (χ1v) is 17.4. The van der Waals surface area contributed by atoms with E-state index in [4.69, 9.17) is 4.82 Å². The average Bonchev–Trinajstić information content (AvgIpc) is 3.51. The molecule has 0 nitrogen and oxygen atoms in total. The molecule has 166 valence electrons. The fourth-order valence-corrected chi connectivity index (χ4v) is 18.3. The van der Waals surface area contributed by atoms with Gasteiger partial charge in [-0.25, -0.2) is 0 Å². The van der Waals surface area contributed by atoms with E-state index in [-0.39, 0.29) is 0 Å². The monoisotopic (exact) mass is 474 g/mol. The molecule has 1 heteroatoms. The summed E-state index contributed by atoms with van der Waals surface area (Å²) < 4.78 is 2.88. The van der Waals surface area contributed by atoms with Gasteiger partial charge in [-0.2, -0.15) is 0 Å². The molecule has 34 heavy (non-hydrogen) atoms. The van der Waals surface area contributed by atoms with E-state index in [2.05, 4.69) is 133 Å². The van der Waals surface area contributed by atoms with Gasteiger partial charge in [0.15, 0.2) is 0 Å². The zero-order valence-corrected chi connectivity index (χ0v) is 21.0. The minimum absolute atomic E-state index is 0.370. The molecule has 0 radical (unpaired) electrons. The van der Waals surface area contributed by atoms with Crippen molar-refractivity contribution in [2.24, 2.45) is 0 Å². The maximum absolute atomic E-state index is 5.54. The molecule has 2 aliphatic rings. The Balaban J connectivity index is 1.64. The Labute approximate surface area is 203 Å². The van der Waals surface area contributed by atoms with Crippen molar-refractivity contribution in [2.75, 3.05) is 0 Å². The van der Waals surface area contributed by atoms with Crippen molar-refractivity contribution in [2.45, 2.75) is 17.9 Å². The molecule has 0 saturated carbocycles. The van der Waals surface area contributed by atoms with E-state index < -0.39 is 14.8 Å². The third kappa shape index (κ3) is 3.45. The zero-order chi connectivity index (χ0) is 23.0. The van der Waals surface area contributed by atoms with Crippen molar-refractivity contribution >= 4 is 17.0 Å². The second-order valence-corrected chi connectivity index (χ2v) is 20.1. The van der Waals surface area contributed by atoms with Gasteiger partial charge in [-0.1, -0.05) is 0 Å². The topological polar surface area (TPSA) is 0 Å². The minimum atomic E-state index is -3.83. The molecule has 0 aromatic heterocycles. The van der Waals surface area contributed by atoms with Gasteiger partial charge in [0.1, 0.15) is 0 Å². The predicted octanol–water partition coefficient (Wildman–Crippen LogP) is 8.04. The number of allylic oxidation sites excluding steroid dienone is 2. The summed E-state index contributed by atoms with van der Waals surface area (Å²) in [5.41, 5.74) is 8.51. The van der Waals surface area contributed by atoms with Crippen LogP contribution in [0.15, 0.2) is 121 Å². The zero-order valence-electron chi connectivity index (χ0n) is 19.5. The third-order valence-electron chi connectivity index (χ3n) is 8.28. The quantitative estimate of drug-likeness (QED) is 0.248. The number of hydrogen-bond acceptors (Lipinski definition) is 0. The molecule has 6 rings (SSSR count). The van der Waals surface area contributed by atoms with Gasteiger partial charge in [-0.3, -0.25) is 0 Å². The van der Waals surface area contributed by atoms with Crippen LogP contribution in [0.5, 0.6) is 0 Å². The van der Waals surface area contributed by atoms with Crippen LogP contribution in [-0.2, 0) is 24.3 Å². The van der Waals surface area contributed by atoms with Gasteiger partial charge in [-0.15, -0.1) is 0 Å². The molecule has 2 atom stereocenters. The van der Waals surface area contributed by atoms with Gasteiger partial charge in [-0.05, 0) is 0 Å². The van der Waals surface area contributed by atoms with E-state index in [1.165, 1.54) is 33.4 Å². The van der Waals surface area contributed by atoms with Crippen LogP contribution in [0.3, 0.4) is 0 Å². The SMILES string of the molecule is [CH2]=[Ti]([CH2]c1ccccc1)([CH2]c1ccccc1)([CH]1C=Cc2ccccc21)[CH]1C=Cc2ccccc21. The number of benzene rings is 4. The molecule has 2 unspecified atom stereocenters. The number of rotatable bonds is 6. The fourth-order valence-electron chi connectivity index (χ4n) is 6.79. The Morgan fingerprint density at radius 1 is 0.500 bits per heavy atom. The summed E-state index contributed by atoms with van der Waals surface area (Å²) in [6.07, 6.45) is 9.73. The predicted molar refractivity (Wildman–Crippen MR) is 144 cm³/mol. The number of hydrogen-bond donors (Lipinski definition) is 0. The van der Waals surface area contributed by atoms with Crippen molar-refractivity contribution in [3.63, 3.8) is 0 Å². The Morgan fingerprint density at radius 3 is 1.32 bits per heavy atom. The van der Waals surface area contributed by atoms with Crippen molar-refractivity contribution in [1.29, 1.82) is 0 Å². The van der Waals surface area contributed by atoms with E-state index in [1.54, 1.807) is 0 Å². The number of fused-ring (bicyclic) bond motifs is 2. The van der Waals surface area contributed by atoms with Crippen molar-refractivity contribution < 1.29 is 14.8 Å². The molecule has 4 aromatic rings. The Hall–Kier alpha value is -3.06. The molecular weight excluding hydrogens is 444 g/mol. The molecule has 2 aliphatic carbocycles. The summed E-state index contributed by atoms with van der Waals surface area (Å²) >= 11 is -3.83. The van der Waals surface area contributed by atoms with Crippen LogP contribution in [-0.4, -0.2) is 4.82 Å². The van der Waals surface area contributed by atoms with E-state index in [0.29, 0.717) is 8.45 Å². The molecule has 0 aliphatic heterocycles. The standard InChI is InChI=1S/2C9H7.2C7H7.CH2.Ti/c2*1-2-5-9-7-3-6-8(9)4-1;2*1-7-5-3-2-4-6-7;;/h2*1-7H;2*2-6H,1H2;1H2;. The van der Waals surface area contributed by atoms with Crippen LogP contribution in [0.25, 0.3) is 12.2 Å². The molecule has 0 spiro atoms. The Morgan fingerprint density at radius 2 is 0.882 bits per heavy atom. The van der Waals surface area contributed by atoms with Crippen LogP contribution < -0.4 is 0 Å². The summed E-state index contributed by atoms with van der Waals surface area (Å²) in [7, 11) is 0. The molecule has 0 fully saturated rings. The molecule has 0 saturated heterocycles. The van der Waals surface area contributed by atoms with Gasteiger partial charge in [0, 0.05) is 0 Å². The molecule has 0 amide bonds. The summed E-state index contributed by atoms with van der Waals surface area (Å²) in [6, 6.07) is 40.2. The van der Waals surface area contributed by atoms with Gasteiger partial charge in [0.2, 0.25) is 0 Å². The van der Waals surface area contributed by atoms with Crippen LogP contribution in [0.4, 0.5) is 0 Å². The van der Waals surface area contributed by atoms with Crippen LogP contribution in [0.2, 0.25) is 0 Å². The van der Waals surface area contributed by atoms with Crippen LogP contribution in [0.1, 0.15) is 41.8 Å². The summed E-state index contributed by atoms with van der Waals surface area (Å²) in [6.45, 7) is 0. The van der Waals surface area contributed by atoms with E-state index >= 15 is 0 Å². The van der Waals surface area contributed by atoms with Crippen molar-refractivity contribution in [3.05, 3.63) is 155 Å². The molecule has 0 bridgehead atoms. The molecular formula is C33H30Ti. The molecule has 0 heterocycles. The Kier molecular flexibility index (Phi) is 5.25.